The minimum Gasteiger partial charge on any atom is -0.237 e. The van der Waals surface area contributed by atoms with E-state index < -0.39 is 0 Å². The van der Waals surface area contributed by atoms with Crippen molar-refractivity contribution >= 4 is 0 Å². The Labute approximate surface area is 94.5 Å². The Balaban J connectivity index is 2.30. The minimum atomic E-state index is 0.159. The van der Waals surface area contributed by atoms with E-state index in [0.717, 1.165) is 12.2 Å². The fourth-order valence-corrected chi connectivity index (χ4v) is 1.39. The molecule has 2 aromatic rings. The molecule has 0 N–H and O–H groups in total. The molecule has 5 nitrogen and oxygen atoms in total. The summed E-state index contributed by atoms with van der Waals surface area (Å²) in [7, 11) is 0. The van der Waals surface area contributed by atoms with Gasteiger partial charge in [-0.15, -0.1) is 5.10 Å². The fraction of sp³-hybridized carbons (Fsp3) is 0.455. The van der Waals surface area contributed by atoms with Gasteiger partial charge >= 0.3 is 0 Å². The molecule has 0 aliphatic carbocycles. The Hall–Kier alpha value is -1.78. The molecule has 16 heavy (non-hydrogen) atoms. The Bertz CT molecular complexity index is 444. The molecular formula is C11H15N5. The molecule has 0 bridgehead atoms. The van der Waals surface area contributed by atoms with Gasteiger partial charge < -0.3 is 0 Å². The smallest absolute Gasteiger partial charge is 0.156 e. The van der Waals surface area contributed by atoms with Gasteiger partial charge in [0.25, 0.3) is 0 Å². The number of nitrogens with zero attached hydrogens (tertiary/aromatic N) is 5. The van der Waals surface area contributed by atoms with Crippen molar-refractivity contribution in [2.75, 3.05) is 0 Å². The molecule has 2 heterocycles. The third-order valence-corrected chi connectivity index (χ3v) is 3.00. The lowest BCUT2D eigenvalue weighted by atomic mass is 9.83. The first-order valence-corrected chi connectivity index (χ1v) is 5.33. The first-order valence-electron chi connectivity index (χ1n) is 5.33. The Morgan fingerprint density at radius 3 is 2.62 bits per heavy atom. The quantitative estimate of drug-likeness (QED) is 0.785. The van der Waals surface area contributed by atoms with Gasteiger partial charge in [-0.3, -0.25) is 0 Å². The molecule has 2 aromatic heterocycles. The summed E-state index contributed by atoms with van der Waals surface area (Å²) in [5.74, 6) is 0.737. The molecular weight excluding hydrogens is 202 g/mol. The van der Waals surface area contributed by atoms with Gasteiger partial charge in [-0.25, -0.2) is 4.98 Å². The standard InChI is InChI=1S/C11H15N5/c1-4-11(2,3)9-5-6-10(12-7-9)16-8-13-14-15-16/h5-8H,4H2,1-3H3. The van der Waals surface area contributed by atoms with Crippen molar-refractivity contribution in [3.05, 3.63) is 30.2 Å². The maximum Gasteiger partial charge on any atom is 0.156 e. The van der Waals surface area contributed by atoms with Crippen LogP contribution in [0.1, 0.15) is 32.8 Å². The number of pyridine rings is 1. The number of hydrogen-bond donors (Lipinski definition) is 0. The number of aromatic nitrogens is 5. The van der Waals surface area contributed by atoms with E-state index in [1.165, 1.54) is 11.9 Å². The molecule has 0 atom stereocenters. The van der Waals surface area contributed by atoms with Crippen molar-refractivity contribution in [1.29, 1.82) is 0 Å². The van der Waals surface area contributed by atoms with Crippen LogP contribution in [0.15, 0.2) is 24.7 Å². The van der Waals surface area contributed by atoms with Gasteiger partial charge in [0.15, 0.2) is 5.82 Å². The average molecular weight is 217 g/mol. The fourth-order valence-electron chi connectivity index (χ4n) is 1.39. The van der Waals surface area contributed by atoms with Crippen LogP contribution in [0.3, 0.4) is 0 Å². The van der Waals surface area contributed by atoms with E-state index in [1.807, 2.05) is 12.3 Å². The summed E-state index contributed by atoms with van der Waals surface area (Å²) in [6, 6.07) is 4.01. The van der Waals surface area contributed by atoms with E-state index in [4.69, 9.17) is 0 Å². The largest absolute Gasteiger partial charge is 0.237 e. The lowest BCUT2D eigenvalue weighted by Crippen LogP contribution is -2.16. The monoisotopic (exact) mass is 217 g/mol. The van der Waals surface area contributed by atoms with Gasteiger partial charge in [0, 0.05) is 6.20 Å². The summed E-state index contributed by atoms with van der Waals surface area (Å²) >= 11 is 0. The summed E-state index contributed by atoms with van der Waals surface area (Å²) in [6.45, 7) is 6.59. The van der Waals surface area contributed by atoms with Gasteiger partial charge in [0.2, 0.25) is 0 Å². The zero-order valence-corrected chi connectivity index (χ0v) is 9.75. The highest BCUT2D eigenvalue weighted by Gasteiger charge is 2.18. The average Bonchev–Trinajstić information content (AvgIpc) is 2.83. The highest BCUT2D eigenvalue weighted by Crippen LogP contribution is 2.25. The molecule has 0 amide bonds. The second-order valence-corrected chi connectivity index (χ2v) is 4.40. The zero-order chi connectivity index (χ0) is 11.6. The van der Waals surface area contributed by atoms with E-state index in [9.17, 15) is 0 Å². The highest BCUT2D eigenvalue weighted by atomic mass is 15.5. The molecule has 0 aliphatic heterocycles. The number of rotatable bonds is 3. The number of hydrogen-bond acceptors (Lipinski definition) is 4. The maximum absolute atomic E-state index is 4.36. The minimum absolute atomic E-state index is 0.159. The van der Waals surface area contributed by atoms with Crippen LogP contribution < -0.4 is 0 Å². The number of tetrazole rings is 1. The molecule has 84 valence electrons. The van der Waals surface area contributed by atoms with Crippen LogP contribution in [0.25, 0.3) is 5.82 Å². The Kier molecular flexibility index (Phi) is 2.68. The molecule has 2 rings (SSSR count). The van der Waals surface area contributed by atoms with Crippen molar-refractivity contribution in [3.63, 3.8) is 0 Å². The summed E-state index contributed by atoms with van der Waals surface area (Å²) in [4.78, 5) is 4.36. The molecule has 0 unspecified atom stereocenters. The van der Waals surface area contributed by atoms with Gasteiger partial charge in [0.1, 0.15) is 6.33 Å². The molecule has 0 aliphatic rings. The van der Waals surface area contributed by atoms with E-state index in [-0.39, 0.29) is 5.41 Å². The van der Waals surface area contributed by atoms with Crippen LogP contribution in [0.4, 0.5) is 0 Å². The van der Waals surface area contributed by atoms with E-state index in [0.29, 0.717) is 0 Å². The van der Waals surface area contributed by atoms with Gasteiger partial charge in [0.05, 0.1) is 0 Å². The maximum atomic E-state index is 4.36. The predicted octanol–water partition coefficient (Wildman–Crippen LogP) is 1.74. The summed E-state index contributed by atoms with van der Waals surface area (Å²) in [5, 5.41) is 10.9. The first kappa shape index (κ1) is 10.7. The molecule has 5 heteroatoms. The van der Waals surface area contributed by atoms with Crippen LogP contribution in [0.5, 0.6) is 0 Å². The van der Waals surface area contributed by atoms with Crippen LogP contribution >= 0.6 is 0 Å². The van der Waals surface area contributed by atoms with Gasteiger partial charge in [-0.1, -0.05) is 26.8 Å². The van der Waals surface area contributed by atoms with Crippen molar-refractivity contribution in [1.82, 2.24) is 25.2 Å². The van der Waals surface area contributed by atoms with Crippen LogP contribution in [0.2, 0.25) is 0 Å². The van der Waals surface area contributed by atoms with Crippen LogP contribution in [-0.2, 0) is 5.41 Å². The lowest BCUT2D eigenvalue weighted by Gasteiger charge is -2.22. The highest BCUT2D eigenvalue weighted by molar-refractivity contribution is 5.27. The summed E-state index contributed by atoms with van der Waals surface area (Å²) in [6.07, 6.45) is 4.51. The summed E-state index contributed by atoms with van der Waals surface area (Å²) in [5.41, 5.74) is 1.39. The second-order valence-electron chi connectivity index (χ2n) is 4.40. The van der Waals surface area contributed by atoms with E-state index >= 15 is 0 Å². The summed E-state index contributed by atoms with van der Waals surface area (Å²) < 4.78 is 1.54. The first-order chi connectivity index (χ1) is 7.63. The molecule has 0 saturated carbocycles. The van der Waals surface area contributed by atoms with Crippen LogP contribution in [-0.4, -0.2) is 25.2 Å². The van der Waals surface area contributed by atoms with Crippen molar-refractivity contribution in [2.24, 2.45) is 0 Å². The normalized spacial score (nSPS) is 11.7. The molecule has 0 aromatic carbocycles. The van der Waals surface area contributed by atoms with Crippen LogP contribution in [0, 0.1) is 0 Å². The van der Waals surface area contributed by atoms with Crippen molar-refractivity contribution in [3.8, 4) is 5.82 Å². The lowest BCUT2D eigenvalue weighted by molar-refractivity contribution is 0.504. The van der Waals surface area contributed by atoms with Gasteiger partial charge in [-0.2, -0.15) is 4.68 Å². The third kappa shape index (κ3) is 1.93. The van der Waals surface area contributed by atoms with E-state index in [1.54, 1.807) is 4.68 Å². The van der Waals surface area contributed by atoms with Crippen molar-refractivity contribution < 1.29 is 0 Å². The molecule has 0 fully saturated rings. The predicted molar refractivity (Wildman–Crippen MR) is 60.3 cm³/mol. The van der Waals surface area contributed by atoms with Crippen molar-refractivity contribution in [2.45, 2.75) is 32.6 Å². The molecule has 0 saturated heterocycles. The topological polar surface area (TPSA) is 56.5 Å². The van der Waals surface area contributed by atoms with E-state index in [2.05, 4.69) is 47.3 Å². The molecule has 0 radical (unpaired) electrons. The second kappa shape index (κ2) is 4.00. The zero-order valence-electron chi connectivity index (χ0n) is 9.75. The third-order valence-electron chi connectivity index (χ3n) is 3.00. The SMILES string of the molecule is CCC(C)(C)c1ccc(-n2cnnn2)nc1. The van der Waals surface area contributed by atoms with Gasteiger partial charge in [-0.05, 0) is 33.9 Å². The molecule has 0 spiro atoms. The Morgan fingerprint density at radius 2 is 2.12 bits per heavy atom. The Morgan fingerprint density at radius 1 is 1.31 bits per heavy atom.